The van der Waals surface area contributed by atoms with Crippen LogP contribution in [0.2, 0.25) is 0 Å². The second-order valence-electron chi connectivity index (χ2n) is 6.94. The molecule has 0 saturated carbocycles. The summed E-state index contributed by atoms with van der Waals surface area (Å²) in [7, 11) is 0. The van der Waals surface area contributed by atoms with Crippen LogP contribution in [0.4, 0.5) is 9.52 Å². The van der Waals surface area contributed by atoms with E-state index in [-0.39, 0.29) is 24.4 Å². The number of carbonyl (C=O) groups excluding carboxylic acids is 1. The third-order valence-electron chi connectivity index (χ3n) is 4.78. The number of aromatic nitrogens is 1. The summed E-state index contributed by atoms with van der Waals surface area (Å²) >= 11 is 1.43. The Kier molecular flexibility index (Phi) is 6.44. The summed E-state index contributed by atoms with van der Waals surface area (Å²) < 4.78 is 30.9. The molecule has 0 bridgehead atoms. The minimum absolute atomic E-state index is 0.0224. The first-order chi connectivity index (χ1) is 14.6. The van der Waals surface area contributed by atoms with Gasteiger partial charge in [-0.3, -0.25) is 9.69 Å². The number of benzene rings is 2. The summed E-state index contributed by atoms with van der Waals surface area (Å²) in [6, 6.07) is 11.3. The third kappa shape index (κ3) is 4.88. The molecular formula is C22H23FN2O4S. The Bertz CT molecular complexity index is 1000. The number of ether oxygens (including phenoxy) is 3. The largest absolute Gasteiger partial charge is 0.494 e. The minimum Gasteiger partial charge on any atom is -0.494 e. The van der Waals surface area contributed by atoms with Gasteiger partial charge in [-0.1, -0.05) is 11.3 Å². The zero-order valence-electron chi connectivity index (χ0n) is 16.7. The van der Waals surface area contributed by atoms with Crippen molar-refractivity contribution in [3.63, 3.8) is 0 Å². The molecule has 158 valence electrons. The molecule has 1 aliphatic rings. The third-order valence-corrected chi connectivity index (χ3v) is 5.82. The Morgan fingerprint density at radius 3 is 2.77 bits per heavy atom. The van der Waals surface area contributed by atoms with E-state index in [1.54, 1.807) is 4.90 Å². The van der Waals surface area contributed by atoms with Crippen LogP contribution >= 0.6 is 11.3 Å². The molecule has 1 saturated heterocycles. The molecule has 1 fully saturated rings. The van der Waals surface area contributed by atoms with Gasteiger partial charge in [-0.2, -0.15) is 0 Å². The van der Waals surface area contributed by atoms with E-state index in [0.29, 0.717) is 30.6 Å². The maximum absolute atomic E-state index is 13.1. The molecule has 2 aromatic carbocycles. The van der Waals surface area contributed by atoms with Crippen molar-refractivity contribution in [1.29, 1.82) is 0 Å². The van der Waals surface area contributed by atoms with Crippen molar-refractivity contribution in [3.8, 4) is 11.5 Å². The molecule has 1 atom stereocenters. The van der Waals surface area contributed by atoms with Crippen molar-refractivity contribution in [3.05, 3.63) is 48.3 Å². The number of halogens is 1. The van der Waals surface area contributed by atoms with E-state index < -0.39 is 0 Å². The number of hydrogen-bond acceptors (Lipinski definition) is 6. The number of nitrogens with zero attached hydrogens (tertiary/aromatic N) is 2. The second-order valence-corrected chi connectivity index (χ2v) is 7.95. The second kappa shape index (κ2) is 9.40. The Morgan fingerprint density at radius 2 is 2.03 bits per heavy atom. The highest BCUT2D eigenvalue weighted by Gasteiger charge is 2.26. The summed E-state index contributed by atoms with van der Waals surface area (Å²) in [6.07, 6.45) is 1.86. The van der Waals surface area contributed by atoms with Crippen LogP contribution in [0.1, 0.15) is 19.8 Å². The van der Waals surface area contributed by atoms with Crippen LogP contribution in [0.5, 0.6) is 11.5 Å². The van der Waals surface area contributed by atoms with Crippen LogP contribution in [0.25, 0.3) is 10.2 Å². The van der Waals surface area contributed by atoms with E-state index >= 15 is 0 Å². The number of thiazole rings is 1. The van der Waals surface area contributed by atoms with E-state index in [1.165, 1.54) is 35.6 Å². The molecule has 0 N–H and O–H groups in total. The lowest BCUT2D eigenvalue weighted by molar-refractivity contribution is -0.120. The smallest absolute Gasteiger partial charge is 0.266 e. The fraction of sp³-hybridized carbons (Fsp3) is 0.364. The number of hydrogen-bond donors (Lipinski definition) is 0. The number of fused-ring (bicyclic) bond motifs is 1. The highest BCUT2D eigenvalue weighted by atomic mass is 32.1. The average Bonchev–Trinajstić information content (AvgIpc) is 3.41. The molecule has 2 heterocycles. The van der Waals surface area contributed by atoms with E-state index in [4.69, 9.17) is 14.2 Å². The fourth-order valence-electron chi connectivity index (χ4n) is 3.30. The molecule has 4 rings (SSSR count). The van der Waals surface area contributed by atoms with Crippen LogP contribution in [0.15, 0.2) is 42.5 Å². The van der Waals surface area contributed by atoms with Gasteiger partial charge in [0.25, 0.3) is 5.91 Å². The molecule has 8 heteroatoms. The first-order valence-corrected chi connectivity index (χ1v) is 10.8. The van der Waals surface area contributed by atoms with Gasteiger partial charge in [0.05, 0.1) is 29.5 Å². The summed E-state index contributed by atoms with van der Waals surface area (Å²) in [4.78, 5) is 19.3. The van der Waals surface area contributed by atoms with Crippen molar-refractivity contribution < 1.29 is 23.4 Å². The van der Waals surface area contributed by atoms with E-state index in [2.05, 4.69) is 4.98 Å². The molecule has 1 unspecified atom stereocenters. The molecule has 3 aromatic rings. The van der Waals surface area contributed by atoms with Crippen molar-refractivity contribution in [2.45, 2.75) is 25.9 Å². The predicted octanol–water partition coefficient (Wildman–Crippen LogP) is 4.43. The molecule has 6 nitrogen and oxygen atoms in total. The molecular weight excluding hydrogens is 407 g/mol. The Labute approximate surface area is 178 Å². The standard InChI is InChI=1S/C22H23FN2O4S/c1-2-27-17-9-10-19-20(12-17)30-22(24-19)25(13-18-4-3-11-28-18)21(26)14-29-16-7-5-15(23)6-8-16/h5-10,12,18H,2-4,11,13-14H2,1H3. The zero-order valence-corrected chi connectivity index (χ0v) is 17.5. The number of carbonyl (C=O) groups is 1. The topological polar surface area (TPSA) is 60.9 Å². The van der Waals surface area contributed by atoms with Gasteiger partial charge in [0.15, 0.2) is 11.7 Å². The zero-order chi connectivity index (χ0) is 20.9. The van der Waals surface area contributed by atoms with E-state index in [0.717, 1.165) is 28.8 Å². The minimum atomic E-state index is -0.352. The summed E-state index contributed by atoms with van der Waals surface area (Å²) in [5, 5.41) is 0.599. The first-order valence-electron chi connectivity index (χ1n) is 9.96. The number of rotatable bonds is 8. The Morgan fingerprint density at radius 1 is 1.23 bits per heavy atom. The van der Waals surface area contributed by atoms with Crippen molar-refractivity contribution >= 4 is 32.6 Å². The van der Waals surface area contributed by atoms with Gasteiger partial charge in [0, 0.05) is 6.61 Å². The normalized spacial score (nSPS) is 16.0. The van der Waals surface area contributed by atoms with Gasteiger partial charge < -0.3 is 14.2 Å². The fourth-order valence-corrected chi connectivity index (χ4v) is 4.32. The molecule has 0 aliphatic carbocycles. The lowest BCUT2D eigenvalue weighted by atomic mass is 10.2. The van der Waals surface area contributed by atoms with Crippen LogP contribution in [-0.4, -0.2) is 43.4 Å². The van der Waals surface area contributed by atoms with E-state index in [1.807, 2.05) is 25.1 Å². The average molecular weight is 431 g/mol. The van der Waals surface area contributed by atoms with Gasteiger partial charge in [-0.05, 0) is 62.2 Å². The van der Waals surface area contributed by atoms with Crippen molar-refractivity contribution in [2.24, 2.45) is 0 Å². The Hall–Kier alpha value is -2.71. The van der Waals surface area contributed by atoms with Crippen molar-refractivity contribution in [1.82, 2.24) is 4.98 Å². The summed E-state index contributed by atoms with van der Waals surface area (Å²) in [5.74, 6) is 0.637. The Balaban J connectivity index is 1.54. The van der Waals surface area contributed by atoms with Gasteiger partial charge in [0.1, 0.15) is 17.3 Å². The molecule has 1 aliphatic heterocycles. The highest BCUT2D eigenvalue weighted by molar-refractivity contribution is 7.22. The molecule has 0 radical (unpaired) electrons. The number of amides is 1. The lowest BCUT2D eigenvalue weighted by Crippen LogP contribution is -2.40. The lowest BCUT2D eigenvalue weighted by Gasteiger charge is -2.23. The molecule has 1 aromatic heterocycles. The van der Waals surface area contributed by atoms with Gasteiger partial charge >= 0.3 is 0 Å². The van der Waals surface area contributed by atoms with Crippen LogP contribution in [0, 0.1) is 5.82 Å². The van der Waals surface area contributed by atoms with Gasteiger partial charge in [-0.25, -0.2) is 9.37 Å². The SMILES string of the molecule is CCOc1ccc2nc(N(CC3CCCO3)C(=O)COc3ccc(F)cc3)sc2c1. The predicted molar refractivity (Wildman–Crippen MR) is 114 cm³/mol. The number of anilines is 1. The quantitative estimate of drug-likeness (QED) is 0.529. The maximum atomic E-state index is 13.1. The molecule has 0 spiro atoms. The summed E-state index contributed by atoms with van der Waals surface area (Å²) in [5.41, 5.74) is 0.808. The van der Waals surface area contributed by atoms with Crippen molar-refractivity contribution in [2.75, 3.05) is 31.3 Å². The monoisotopic (exact) mass is 430 g/mol. The van der Waals surface area contributed by atoms with Crippen LogP contribution in [-0.2, 0) is 9.53 Å². The first kappa shape index (κ1) is 20.6. The van der Waals surface area contributed by atoms with Gasteiger partial charge in [-0.15, -0.1) is 0 Å². The van der Waals surface area contributed by atoms with Crippen LogP contribution in [0.3, 0.4) is 0 Å². The highest BCUT2D eigenvalue weighted by Crippen LogP contribution is 2.32. The van der Waals surface area contributed by atoms with E-state index in [9.17, 15) is 9.18 Å². The molecule has 1 amide bonds. The van der Waals surface area contributed by atoms with Crippen LogP contribution < -0.4 is 14.4 Å². The van der Waals surface area contributed by atoms with Gasteiger partial charge in [0.2, 0.25) is 0 Å². The summed E-state index contributed by atoms with van der Waals surface area (Å²) in [6.45, 7) is 3.48. The maximum Gasteiger partial charge on any atom is 0.266 e. The molecule has 30 heavy (non-hydrogen) atoms.